The van der Waals surface area contributed by atoms with Crippen LogP contribution in [0.5, 0.6) is 11.5 Å². The summed E-state index contributed by atoms with van der Waals surface area (Å²) in [6.45, 7) is 1.59. The summed E-state index contributed by atoms with van der Waals surface area (Å²) in [7, 11) is 1.30. The quantitative estimate of drug-likeness (QED) is 0.571. The lowest BCUT2D eigenvalue weighted by Crippen LogP contribution is -2.24. The number of ether oxygens (including phenoxy) is 3. The van der Waals surface area contributed by atoms with Crippen molar-refractivity contribution in [2.24, 2.45) is 0 Å². The first-order valence-electron chi connectivity index (χ1n) is 7.56. The number of rotatable bonds is 4. The monoisotopic (exact) mass is 402 g/mol. The van der Waals surface area contributed by atoms with E-state index in [9.17, 15) is 9.59 Å². The van der Waals surface area contributed by atoms with Gasteiger partial charge in [-0.2, -0.15) is 0 Å². The zero-order chi connectivity index (χ0) is 18.0. The van der Waals surface area contributed by atoms with Crippen molar-refractivity contribution < 1.29 is 23.8 Å². The van der Waals surface area contributed by atoms with Crippen molar-refractivity contribution in [2.75, 3.05) is 7.11 Å². The van der Waals surface area contributed by atoms with Gasteiger partial charge < -0.3 is 14.2 Å². The third-order valence-electron chi connectivity index (χ3n) is 3.66. The van der Waals surface area contributed by atoms with Crippen molar-refractivity contribution in [3.05, 3.63) is 63.8 Å². The van der Waals surface area contributed by atoms with Gasteiger partial charge in [0.15, 0.2) is 11.9 Å². The zero-order valence-corrected chi connectivity index (χ0v) is 15.2. The maximum atomic E-state index is 12.4. The summed E-state index contributed by atoms with van der Waals surface area (Å²) >= 11 is 3.37. The highest BCUT2D eigenvalue weighted by Crippen LogP contribution is 2.35. The Labute approximate surface area is 153 Å². The van der Waals surface area contributed by atoms with Gasteiger partial charge in [-0.25, -0.2) is 4.79 Å². The number of allylic oxidation sites excluding steroid dienone is 1. The zero-order valence-electron chi connectivity index (χ0n) is 13.6. The number of halogens is 1. The largest absolute Gasteiger partial charge is 0.479 e. The van der Waals surface area contributed by atoms with Gasteiger partial charge in [-0.1, -0.05) is 28.1 Å². The normalized spacial score (nSPS) is 15.5. The molecule has 1 aliphatic rings. The molecular weight excluding hydrogens is 388 g/mol. The molecule has 0 spiro atoms. The van der Waals surface area contributed by atoms with Gasteiger partial charge in [0, 0.05) is 10.5 Å². The van der Waals surface area contributed by atoms with Crippen molar-refractivity contribution in [2.45, 2.75) is 13.0 Å². The average Bonchev–Trinajstić information content (AvgIpc) is 2.91. The highest BCUT2D eigenvalue weighted by Gasteiger charge is 2.28. The molecule has 0 radical (unpaired) electrons. The molecule has 0 bridgehead atoms. The molecule has 2 aromatic rings. The molecule has 5 nitrogen and oxygen atoms in total. The standard InChI is InChI=1S/C19H15BrO5/c1-11(19(22)23-2)24-14-7-8-15-16(10-14)25-17(18(15)21)9-12-3-5-13(20)6-4-12/h3-11H,1-2H3. The lowest BCUT2D eigenvalue weighted by Gasteiger charge is -2.12. The molecule has 0 saturated carbocycles. The predicted octanol–water partition coefficient (Wildman–Crippen LogP) is 4.01. The minimum Gasteiger partial charge on any atom is -0.479 e. The van der Waals surface area contributed by atoms with E-state index in [-0.39, 0.29) is 11.5 Å². The second-order valence-electron chi connectivity index (χ2n) is 5.43. The average molecular weight is 403 g/mol. The molecule has 6 heteroatoms. The van der Waals surface area contributed by atoms with E-state index < -0.39 is 12.1 Å². The number of esters is 1. The van der Waals surface area contributed by atoms with Gasteiger partial charge in [-0.15, -0.1) is 0 Å². The first-order valence-corrected chi connectivity index (χ1v) is 8.35. The van der Waals surface area contributed by atoms with Gasteiger partial charge in [0.25, 0.3) is 0 Å². The van der Waals surface area contributed by atoms with E-state index in [4.69, 9.17) is 9.47 Å². The van der Waals surface area contributed by atoms with Gasteiger partial charge in [-0.3, -0.25) is 4.79 Å². The Hall–Kier alpha value is -2.60. The van der Waals surface area contributed by atoms with Crippen molar-refractivity contribution in [3.63, 3.8) is 0 Å². The number of benzene rings is 2. The molecule has 0 aliphatic carbocycles. The van der Waals surface area contributed by atoms with Crippen LogP contribution in [0.2, 0.25) is 0 Å². The van der Waals surface area contributed by atoms with E-state index >= 15 is 0 Å². The van der Waals surface area contributed by atoms with Gasteiger partial charge in [0.2, 0.25) is 5.78 Å². The molecule has 1 atom stereocenters. The van der Waals surface area contributed by atoms with Crippen LogP contribution in [0, 0.1) is 0 Å². The molecular formula is C19H15BrO5. The number of ketones is 1. The molecule has 1 unspecified atom stereocenters. The van der Waals surface area contributed by atoms with Crippen molar-refractivity contribution in [1.82, 2.24) is 0 Å². The Morgan fingerprint density at radius 2 is 1.92 bits per heavy atom. The second-order valence-corrected chi connectivity index (χ2v) is 6.35. The first kappa shape index (κ1) is 17.2. The van der Waals surface area contributed by atoms with E-state index in [0.29, 0.717) is 17.1 Å². The van der Waals surface area contributed by atoms with Crippen LogP contribution in [-0.2, 0) is 9.53 Å². The topological polar surface area (TPSA) is 61.8 Å². The van der Waals surface area contributed by atoms with Crippen LogP contribution in [-0.4, -0.2) is 25.0 Å². The summed E-state index contributed by atoms with van der Waals surface area (Å²) in [5, 5.41) is 0. The minimum absolute atomic E-state index is 0.189. The van der Waals surface area contributed by atoms with Crippen LogP contribution in [0.15, 0.2) is 52.7 Å². The van der Waals surface area contributed by atoms with Gasteiger partial charge in [-0.05, 0) is 42.8 Å². The molecule has 0 aromatic heterocycles. The predicted molar refractivity (Wildman–Crippen MR) is 95.6 cm³/mol. The number of hydrogen-bond acceptors (Lipinski definition) is 5. The fourth-order valence-electron chi connectivity index (χ4n) is 2.37. The van der Waals surface area contributed by atoms with Crippen LogP contribution < -0.4 is 9.47 Å². The molecule has 1 heterocycles. The third-order valence-corrected chi connectivity index (χ3v) is 4.18. The second kappa shape index (κ2) is 7.11. The number of Topliss-reactive ketones (excluding diaryl/α,β-unsaturated/α-hetero) is 1. The molecule has 25 heavy (non-hydrogen) atoms. The van der Waals surface area contributed by atoms with Crippen LogP contribution in [0.3, 0.4) is 0 Å². The Bertz CT molecular complexity index is 855. The number of carbonyl (C=O) groups excluding carboxylic acids is 2. The van der Waals surface area contributed by atoms with Crippen molar-refractivity contribution >= 4 is 33.8 Å². The van der Waals surface area contributed by atoms with Gasteiger partial charge >= 0.3 is 5.97 Å². The van der Waals surface area contributed by atoms with Crippen LogP contribution in [0.4, 0.5) is 0 Å². The summed E-state index contributed by atoms with van der Waals surface area (Å²) < 4.78 is 16.8. The van der Waals surface area contributed by atoms with E-state index in [1.54, 1.807) is 31.2 Å². The summed E-state index contributed by atoms with van der Waals surface area (Å²) in [4.78, 5) is 23.9. The van der Waals surface area contributed by atoms with E-state index in [0.717, 1.165) is 10.0 Å². The number of fused-ring (bicyclic) bond motifs is 1. The van der Waals surface area contributed by atoms with Crippen molar-refractivity contribution in [3.8, 4) is 11.5 Å². The fourth-order valence-corrected chi connectivity index (χ4v) is 2.63. The molecule has 2 aromatic carbocycles. The lowest BCUT2D eigenvalue weighted by atomic mass is 10.1. The summed E-state index contributed by atoms with van der Waals surface area (Å²) in [5.41, 5.74) is 1.32. The van der Waals surface area contributed by atoms with Crippen LogP contribution in [0.1, 0.15) is 22.8 Å². The summed E-state index contributed by atoms with van der Waals surface area (Å²) in [6, 6.07) is 12.4. The highest BCUT2D eigenvalue weighted by molar-refractivity contribution is 9.10. The number of methoxy groups -OCH3 is 1. The molecule has 1 aliphatic heterocycles. The van der Waals surface area contributed by atoms with Crippen LogP contribution >= 0.6 is 15.9 Å². The first-order chi connectivity index (χ1) is 12.0. The maximum Gasteiger partial charge on any atom is 0.346 e. The third kappa shape index (κ3) is 3.74. The molecule has 128 valence electrons. The van der Waals surface area contributed by atoms with Crippen molar-refractivity contribution in [1.29, 1.82) is 0 Å². The van der Waals surface area contributed by atoms with Gasteiger partial charge in [0.1, 0.15) is 11.5 Å². The molecule has 0 amide bonds. The minimum atomic E-state index is -0.752. The molecule has 0 fully saturated rings. The Balaban J connectivity index is 1.81. The fraction of sp³-hybridized carbons (Fsp3) is 0.158. The Kier molecular flexibility index (Phi) is 4.90. The van der Waals surface area contributed by atoms with E-state index in [1.807, 2.05) is 24.3 Å². The summed E-state index contributed by atoms with van der Waals surface area (Å²) in [6.07, 6.45) is 0.935. The molecule has 0 N–H and O–H groups in total. The van der Waals surface area contributed by atoms with Crippen LogP contribution in [0.25, 0.3) is 6.08 Å². The van der Waals surface area contributed by atoms with Gasteiger partial charge in [0.05, 0.1) is 12.7 Å². The smallest absolute Gasteiger partial charge is 0.346 e. The lowest BCUT2D eigenvalue weighted by molar-refractivity contribution is -0.147. The Morgan fingerprint density at radius 1 is 1.20 bits per heavy atom. The summed E-state index contributed by atoms with van der Waals surface area (Å²) in [5.74, 6) is 0.409. The molecule has 0 saturated heterocycles. The highest BCUT2D eigenvalue weighted by atomic mass is 79.9. The number of hydrogen-bond donors (Lipinski definition) is 0. The molecule has 3 rings (SSSR count). The Morgan fingerprint density at radius 3 is 2.60 bits per heavy atom. The maximum absolute atomic E-state index is 12.4. The number of carbonyl (C=O) groups is 2. The van der Waals surface area contributed by atoms with E-state index in [2.05, 4.69) is 20.7 Å². The SMILES string of the molecule is COC(=O)C(C)Oc1ccc2c(c1)OC(=Cc1ccc(Br)cc1)C2=O. The van der Waals surface area contributed by atoms with E-state index in [1.165, 1.54) is 7.11 Å².